The van der Waals surface area contributed by atoms with Gasteiger partial charge in [-0.25, -0.2) is 0 Å². The maximum atomic E-state index is 2.28. The van der Waals surface area contributed by atoms with E-state index in [4.69, 9.17) is 0 Å². The fraction of sp³-hybridized carbons (Fsp3) is 0. The van der Waals surface area contributed by atoms with Gasteiger partial charge >= 0.3 is 0 Å². The van der Waals surface area contributed by atoms with Crippen LogP contribution >= 0.6 is 0 Å². The highest BCUT2D eigenvalue weighted by molar-refractivity contribution is 5.92. The second kappa shape index (κ2) is 15.4. The van der Waals surface area contributed by atoms with Gasteiger partial charge in [-0.15, -0.1) is 0 Å². The molecule has 52 heavy (non-hydrogen) atoms. The predicted molar refractivity (Wildman–Crippen MR) is 222 cm³/mol. The third kappa shape index (κ3) is 7.53. The molecule has 0 radical (unpaired) electrons. The minimum Gasteiger partial charge on any atom is -0.0622 e. The lowest BCUT2D eigenvalue weighted by molar-refractivity contribution is 1.54. The van der Waals surface area contributed by atoms with Crippen LogP contribution in [0.5, 0.6) is 0 Å². The van der Waals surface area contributed by atoms with Gasteiger partial charge in [0.25, 0.3) is 0 Å². The first-order chi connectivity index (χ1) is 25.8. The van der Waals surface area contributed by atoms with E-state index in [1.165, 1.54) is 77.9 Å². The number of rotatable bonds is 9. The molecule has 0 heterocycles. The Labute approximate surface area is 307 Å². The van der Waals surface area contributed by atoms with Crippen LogP contribution in [-0.4, -0.2) is 0 Å². The molecule has 0 aliphatic rings. The van der Waals surface area contributed by atoms with Crippen LogP contribution in [0, 0.1) is 0 Å². The highest BCUT2D eigenvalue weighted by Crippen LogP contribution is 2.31. The van der Waals surface area contributed by atoms with Crippen molar-refractivity contribution in [2.24, 2.45) is 0 Å². The summed E-state index contributed by atoms with van der Waals surface area (Å²) < 4.78 is 0. The zero-order valence-corrected chi connectivity index (χ0v) is 28.9. The molecule has 0 N–H and O–H groups in total. The average molecular weight is 663 g/mol. The summed E-state index contributed by atoms with van der Waals surface area (Å²) in [7, 11) is 0. The lowest BCUT2D eigenvalue weighted by atomic mass is 9.94. The van der Waals surface area contributed by atoms with Crippen LogP contribution in [0.25, 0.3) is 56.7 Å². The summed E-state index contributed by atoms with van der Waals surface area (Å²) in [6, 6.07) is 77.9. The Kier molecular flexibility index (Phi) is 9.62. The summed E-state index contributed by atoms with van der Waals surface area (Å²) in [5.74, 6) is 0. The molecule has 0 bridgehead atoms. The van der Waals surface area contributed by atoms with Gasteiger partial charge in [0.1, 0.15) is 0 Å². The maximum Gasteiger partial charge on any atom is -0.0105 e. The zero-order chi connectivity index (χ0) is 35.0. The van der Waals surface area contributed by atoms with Crippen molar-refractivity contribution in [3.8, 4) is 33.4 Å². The number of hydrogen-bond acceptors (Lipinski definition) is 0. The highest BCUT2D eigenvalue weighted by atomic mass is 14.1. The quantitative estimate of drug-likeness (QED) is 0.135. The summed E-state index contributed by atoms with van der Waals surface area (Å²) in [5.41, 5.74) is 16.9. The third-order valence-corrected chi connectivity index (χ3v) is 9.55. The van der Waals surface area contributed by atoms with E-state index in [0.29, 0.717) is 0 Å². The van der Waals surface area contributed by atoms with Gasteiger partial charge in [-0.05, 0) is 90.1 Å². The molecule has 0 nitrogen and oxygen atoms in total. The first kappa shape index (κ1) is 32.4. The standard InChI is InChI=1S/C52H38/c1-5-13-47(14-6-1)51(48-15-7-2-8-16-48)37-39-21-25-41(26-22-39)43-29-33-45(34-30-43)46-35-31-44(32-36-46)42-27-23-40(24-28-42)38-52(49-17-9-3-10-18-49)50-19-11-4-12-20-50/h1-38H. The molecular formula is C52H38. The van der Waals surface area contributed by atoms with E-state index in [2.05, 4.69) is 231 Å². The van der Waals surface area contributed by atoms with Crippen LogP contribution < -0.4 is 0 Å². The largest absolute Gasteiger partial charge is 0.0622 e. The Bertz CT molecular complexity index is 2140. The van der Waals surface area contributed by atoms with Crippen molar-refractivity contribution >= 4 is 23.3 Å². The highest BCUT2D eigenvalue weighted by Gasteiger charge is 2.08. The summed E-state index contributed by atoms with van der Waals surface area (Å²) in [4.78, 5) is 0. The van der Waals surface area contributed by atoms with Gasteiger partial charge in [-0.1, -0.05) is 218 Å². The molecule has 0 unspecified atom stereocenters. The second-order valence-corrected chi connectivity index (χ2v) is 13.0. The van der Waals surface area contributed by atoms with Crippen LogP contribution in [0.15, 0.2) is 218 Å². The third-order valence-electron chi connectivity index (χ3n) is 9.55. The van der Waals surface area contributed by atoms with Crippen LogP contribution in [0.3, 0.4) is 0 Å². The fourth-order valence-electron chi connectivity index (χ4n) is 6.72. The molecule has 0 aliphatic heterocycles. The van der Waals surface area contributed by atoms with E-state index < -0.39 is 0 Å². The minimum atomic E-state index is 1.18. The van der Waals surface area contributed by atoms with Gasteiger partial charge in [0.15, 0.2) is 0 Å². The van der Waals surface area contributed by atoms with Crippen molar-refractivity contribution in [2.75, 3.05) is 0 Å². The average Bonchev–Trinajstić information content (AvgIpc) is 3.24. The van der Waals surface area contributed by atoms with Gasteiger partial charge in [-0.3, -0.25) is 0 Å². The molecule has 246 valence electrons. The lowest BCUT2D eigenvalue weighted by Gasteiger charge is -2.10. The first-order valence-corrected chi connectivity index (χ1v) is 17.8. The van der Waals surface area contributed by atoms with Crippen molar-refractivity contribution in [3.05, 3.63) is 252 Å². The molecule has 8 aromatic rings. The van der Waals surface area contributed by atoms with Crippen LogP contribution in [0.2, 0.25) is 0 Å². The van der Waals surface area contributed by atoms with Gasteiger partial charge in [0, 0.05) is 0 Å². The lowest BCUT2D eigenvalue weighted by Crippen LogP contribution is -1.88. The molecular weight excluding hydrogens is 625 g/mol. The molecule has 0 heteroatoms. The van der Waals surface area contributed by atoms with Crippen LogP contribution in [-0.2, 0) is 0 Å². The van der Waals surface area contributed by atoms with E-state index in [0.717, 1.165) is 0 Å². The monoisotopic (exact) mass is 662 g/mol. The second-order valence-electron chi connectivity index (χ2n) is 13.0. The zero-order valence-electron chi connectivity index (χ0n) is 28.9. The SMILES string of the molecule is C(=C(c1ccccc1)c1ccccc1)c1ccc(-c2ccc(-c3ccc(-c4ccc(C=C(c5ccccc5)c5ccccc5)cc4)cc3)cc2)cc1. The van der Waals surface area contributed by atoms with E-state index >= 15 is 0 Å². The maximum absolute atomic E-state index is 2.28. The van der Waals surface area contributed by atoms with Gasteiger partial charge < -0.3 is 0 Å². The Morgan fingerprint density at radius 1 is 0.212 bits per heavy atom. The molecule has 0 spiro atoms. The van der Waals surface area contributed by atoms with Gasteiger partial charge in [0.05, 0.1) is 0 Å². The Hall–Kier alpha value is -6.76. The van der Waals surface area contributed by atoms with E-state index in [9.17, 15) is 0 Å². The van der Waals surface area contributed by atoms with E-state index in [1.807, 2.05) is 0 Å². The summed E-state index contributed by atoms with van der Waals surface area (Å²) in [6.45, 7) is 0. The van der Waals surface area contributed by atoms with Crippen molar-refractivity contribution in [2.45, 2.75) is 0 Å². The van der Waals surface area contributed by atoms with Gasteiger partial charge in [-0.2, -0.15) is 0 Å². The van der Waals surface area contributed by atoms with E-state index in [-0.39, 0.29) is 0 Å². The Balaban J connectivity index is 0.970. The Morgan fingerprint density at radius 3 is 0.615 bits per heavy atom. The van der Waals surface area contributed by atoms with Gasteiger partial charge in [0.2, 0.25) is 0 Å². The molecule has 8 rings (SSSR count). The summed E-state index contributed by atoms with van der Waals surface area (Å²) in [5, 5.41) is 0. The van der Waals surface area contributed by atoms with E-state index in [1.54, 1.807) is 0 Å². The van der Waals surface area contributed by atoms with Crippen LogP contribution in [0.1, 0.15) is 33.4 Å². The van der Waals surface area contributed by atoms with Crippen molar-refractivity contribution in [3.63, 3.8) is 0 Å². The molecule has 0 saturated heterocycles. The molecule has 0 aliphatic carbocycles. The molecule has 0 aromatic heterocycles. The minimum absolute atomic E-state index is 1.18. The van der Waals surface area contributed by atoms with Crippen molar-refractivity contribution < 1.29 is 0 Å². The molecule has 0 atom stereocenters. The normalized spacial score (nSPS) is 10.7. The number of hydrogen-bond donors (Lipinski definition) is 0. The molecule has 0 fully saturated rings. The topological polar surface area (TPSA) is 0 Å². The molecule has 8 aromatic carbocycles. The first-order valence-electron chi connectivity index (χ1n) is 17.8. The fourth-order valence-corrected chi connectivity index (χ4v) is 6.72. The van der Waals surface area contributed by atoms with Crippen molar-refractivity contribution in [1.29, 1.82) is 0 Å². The summed E-state index contributed by atoms with van der Waals surface area (Å²) in [6.07, 6.45) is 4.56. The Morgan fingerprint density at radius 2 is 0.404 bits per heavy atom. The summed E-state index contributed by atoms with van der Waals surface area (Å²) >= 11 is 0. The van der Waals surface area contributed by atoms with Crippen molar-refractivity contribution in [1.82, 2.24) is 0 Å². The molecule has 0 saturated carbocycles. The number of benzene rings is 8. The smallest absolute Gasteiger partial charge is 0.0105 e. The van der Waals surface area contributed by atoms with Crippen LogP contribution in [0.4, 0.5) is 0 Å². The predicted octanol–water partition coefficient (Wildman–Crippen LogP) is 13.9. The molecule has 0 amide bonds.